The minimum atomic E-state index is 0.0438. The van der Waals surface area contributed by atoms with Crippen LogP contribution in [0.5, 0.6) is 0 Å². The molecule has 0 unspecified atom stereocenters. The third-order valence-electron chi connectivity index (χ3n) is 2.32. The Morgan fingerprint density at radius 2 is 1.94 bits per heavy atom. The summed E-state index contributed by atoms with van der Waals surface area (Å²) in [5.41, 5.74) is 6.96. The van der Waals surface area contributed by atoms with Gasteiger partial charge in [-0.25, -0.2) is 4.98 Å². The molecule has 0 amide bonds. The first-order valence-electron chi connectivity index (χ1n) is 5.30. The Labute approximate surface area is 114 Å². The molecule has 2 aromatic rings. The fourth-order valence-electron chi connectivity index (χ4n) is 1.39. The molecule has 88 valence electrons. The molecular formula is C13H13BrN2S. The molecule has 2 rings (SSSR count). The summed E-state index contributed by atoms with van der Waals surface area (Å²) in [6.07, 6.45) is 1.81. The Morgan fingerprint density at radius 1 is 1.24 bits per heavy atom. The van der Waals surface area contributed by atoms with Crippen LogP contribution in [0.2, 0.25) is 0 Å². The number of hydrogen-bond acceptors (Lipinski definition) is 3. The average molecular weight is 309 g/mol. The van der Waals surface area contributed by atoms with E-state index in [1.807, 2.05) is 31.2 Å². The average Bonchev–Trinajstić information content (AvgIpc) is 2.32. The predicted molar refractivity (Wildman–Crippen MR) is 75.1 cm³/mol. The second-order valence-corrected chi connectivity index (χ2v) is 5.78. The number of rotatable bonds is 3. The SMILES string of the molecule is C[C@@H](N)c1ccnc(Sc2ccc(Br)cc2)c1. The normalized spacial score (nSPS) is 12.4. The van der Waals surface area contributed by atoms with Crippen molar-refractivity contribution < 1.29 is 0 Å². The first-order chi connectivity index (χ1) is 8.15. The lowest BCUT2D eigenvalue weighted by Crippen LogP contribution is -2.04. The highest BCUT2D eigenvalue weighted by Crippen LogP contribution is 2.28. The van der Waals surface area contributed by atoms with Gasteiger partial charge in [-0.3, -0.25) is 0 Å². The van der Waals surface area contributed by atoms with Gasteiger partial charge in [0.2, 0.25) is 0 Å². The monoisotopic (exact) mass is 308 g/mol. The van der Waals surface area contributed by atoms with Crippen molar-refractivity contribution in [3.8, 4) is 0 Å². The van der Waals surface area contributed by atoms with E-state index in [9.17, 15) is 0 Å². The number of pyridine rings is 1. The van der Waals surface area contributed by atoms with Crippen LogP contribution in [0.1, 0.15) is 18.5 Å². The zero-order chi connectivity index (χ0) is 12.3. The minimum Gasteiger partial charge on any atom is -0.324 e. The summed E-state index contributed by atoms with van der Waals surface area (Å²) in [7, 11) is 0. The number of benzene rings is 1. The van der Waals surface area contributed by atoms with Gasteiger partial charge >= 0.3 is 0 Å². The zero-order valence-electron chi connectivity index (χ0n) is 9.43. The van der Waals surface area contributed by atoms with Crippen LogP contribution in [-0.2, 0) is 0 Å². The van der Waals surface area contributed by atoms with Crippen LogP contribution >= 0.6 is 27.7 Å². The maximum atomic E-state index is 5.85. The van der Waals surface area contributed by atoms with E-state index in [0.717, 1.165) is 15.1 Å². The van der Waals surface area contributed by atoms with Gasteiger partial charge in [-0.05, 0) is 48.9 Å². The highest BCUT2D eigenvalue weighted by Gasteiger charge is 2.03. The van der Waals surface area contributed by atoms with E-state index in [1.165, 1.54) is 4.90 Å². The summed E-state index contributed by atoms with van der Waals surface area (Å²) in [5.74, 6) is 0. The van der Waals surface area contributed by atoms with E-state index in [4.69, 9.17) is 5.73 Å². The van der Waals surface area contributed by atoms with Crippen molar-refractivity contribution in [1.82, 2.24) is 4.98 Å². The van der Waals surface area contributed by atoms with E-state index in [-0.39, 0.29) is 6.04 Å². The fraction of sp³-hybridized carbons (Fsp3) is 0.154. The molecule has 17 heavy (non-hydrogen) atoms. The molecule has 0 saturated heterocycles. The molecule has 2 N–H and O–H groups in total. The molecule has 4 heteroatoms. The van der Waals surface area contributed by atoms with Crippen molar-refractivity contribution in [3.63, 3.8) is 0 Å². The summed E-state index contributed by atoms with van der Waals surface area (Å²) < 4.78 is 1.08. The number of hydrogen-bond donors (Lipinski definition) is 1. The van der Waals surface area contributed by atoms with Crippen molar-refractivity contribution in [3.05, 3.63) is 52.6 Å². The zero-order valence-corrected chi connectivity index (χ0v) is 11.8. The molecule has 1 heterocycles. The molecule has 0 saturated carbocycles. The Hall–Kier alpha value is -0.840. The number of halogens is 1. The highest BCUT2D eigenvalue weighted by atomic mass is 79.9. The summed E-state index contributed by atoms with van der Waals surface area (Å²) in [6.45, 7) is 1.98. The van der Waals surface area contributed by atoms with Crippen molar-refractivity contribution in [1.29, 1.82) is 0 Å². The van der Waals surface area contributed by atoms with Crippen LogP contribution in [0.15, 0.2) is 57.0 Å². The molecule has 0 spiro atoms. The van der Waals surface area contributed by atoms with Crippen molar-refractivity contribution in [2.45, 2.75) is 22.9 Å². The van der Waals surface area contributed by atoms with Gasteiger partial charge < -0.3 is 5.73 Å². The lowest BCUT2D eigenvalue weighted by molar-refractivity contribution is 0.808. The molecule has 1 aromatic heterocycles. The third-order valence-corrected chi connectivity index (χ3v) is 3.79. The lowest BCUT2D eigenvalue weighted by Gasteiger charge is -2.07. The third kappa shape index (κ3) is 3.56. The molecule has 0 aliphatic carbocycles. The van der Waals surface area contributed by atoms with Crippen LogP contribution in [0.3, 0.4) is 0 Å². The van der Waals surface area contributed by atoms with Gasteiger partial charge in [0.1, 0.15) is 5.03 Å². The second kappa shape index (κ2) is 5.67. The summed E-state index contributed by atoms with van der Waals surface area (Å²) >= 11 is 5.06. The van der Waals surface area contributed by atoms with E-state index in [2.05, 4.69) is 33.0 Å². The van der Waals surface area contributed by atoms with Gasteiger partial charge in [-0.15, -0.1) is 0 Å². The summed E-state index contributed by atoms with van der Waals surface area (Å²) in [5, 5.41) is 0.974. The molecule has 0 aliphatic heterocycles. The Balaban J connectivity index is 2.18. The van der Waals surface area contributed by atoms with Crippen molar-refractivity contribution in [2.24, 2.45) is 5.73 Å². The standard InChI is InChI=1S/C13H13BrN2S/c1-9(15)10-6-7-16-13(8-10)17-12-4-2-11(14)3-5-12/h2-9H,15H2,1H3/t9-/m1/s1. The number of nitrogens with two attached hydrogens (primary N) is 1. The van der Waals surface area contributed by atoms with Gasteiger partial charge in [0.25, 0.3) is 0 Å². The fourth-order valence-corrected chi connectivity index (χ4v) is 2.47. The quantitative estimate of drug-likeness (QED) is 0.931. The molecule has 0 aliphatic rings. The van der Waals surface area contributed by atoms with Gasteiger partial charge in [-0.2, -0.15) is 0 Å². The van der Waals surface area contributed by atoms with Crippen molar-refractivity contribution in [2.75, 3.05) is 0 Å². The van der Waals surface area contributed by atoms with Crippen molar-refractivity contribution >= 4 is 27.7 Å². The molecule has 1 atom stereocenters. The van der Waals surface area contributed by atoms with Gasteiger partial charge in [-0.1, -0.05) is 27.7 Å². The smallest absolute Gasteiger partial charge is 0.101 e. The second-order valence-electron chi connectivity index (χ2n) is 3.77. The molecule has 0 bridgehead atoms. The molecular weight excluding hydrogens is 296 g/mol. The number of nitrogens with zero attached hydrogens (tertiary/aromatic N) is 1. The van der Waals surface area contributed by atoms with Gasteiger partial charge in [0, 0.05) is 21.6 Å². The largest absolute Gasteiger partial charge is 0.324 e. The molecule has 1 aromatic carbocycles. The van der Waals surface area contributed by atoms with E-state index in [0.29, 0.717) is 0 Å². The van der Waals surface area contributed by atoms with Crippen LogP contribution in [0.25, 0.3) is 0 Å². The van der Waals surface area contributed by atoms with Crippen LogP contribution in [0.4, 0.5) is 0 Å². The van der Waals surface area contributed by atoms with E-state index >= 15 is 0 Å². The van der Waals surface area contributed by atoms with E-state index < -0.39 is 0 Å². The minimum absolute atomic E-state index is 0.0438. The Kier molecular flexibility index (Phi) is 4.20. The summed E-state index contributed by atoms with van der Waals surface area (Å²) in [6, 6.07) is 12.2. The summed E-state index contributed by atoms with van der Waals surface area (Å²) in [4.78, 5) is 5.50. The first kappa shape index (κ1) is 12.6. The Bertz CT molecular complexity index is 497. The predicted octanol–water partition coefficient (Wildman–Crippen LogP) is 4.02. The highest BCUT2D eigenvalue weighted by molar-refractivity contribution is 9.10. The van der Waals surface area contributed by atoms with Crippen LogP contribution in [-0.4, -0.2) is 4.98 Å². The first-order valence-corrected chi connectivity index (χ1v) is 6.91. The van der Waals surface area contributed by atoms with Gasteiger partial charge in [0.15, 0.2) is 0 Å². The topological polar surface area (TPSA) is 38.9 Å². The molecule has 0 fully saturated rings. The maximum Gasteiger partial charge on any atom is 0.101 e. The number of aromatic nitrogens is 1. The molecule has 2 nitrogen and oxygen atoms in total. The van der Waals surface area contributed by atoms with E-state index in [1.54, 1.807) is 18.0 Å². The Morgan fingerprint density at radius 3 is 2.59 bits per heavy atom. The van der Waals surface area contributed by atoms with Crippen LogP contribution in [0, 0.1) is 0 Å². The molecule has 0 radical (unpaired) electrons. The van der Waals surface area contributed by atoms with Gasteiger partial charge in [0.05, 0.1) is 0 Å². The lowest BCUT2D eigenvalue weighted by atomic mass is 10.1. The maximum absolute atomic E-state index is 5.85. The van der Waals surface area contributed by atoms with Crippen LogP contribution < -0.4 is 5.73 Å².